The molecule has 0 atom stereocenters. The molecule has 4 aromatic rings. The van der Waals surface area contributed by atoms with Gasteiger partial charge in [-0.15, -0.1) is 15.3 Å². The Morgan fingerprint density at radius 1 is 1.12 bits per heavy atom. The first kappa shape index (κ1) is 16.5. The van der Waals surface area contributed by atoms with Crippen LogP contribution >= 0.6 is 22.9 Å². The average molecular weight is 386 g/mol. The highest BCUT2D eigenvalue weighted by molar-refractivity contribution is 7.20. The number of carbonyl (C=O) groups is 1. The van der Waals surface area contributed by atoms with E-state index in [1.165, 1.54) is 11.3 Å². The molecule has 1 N–H and O–H groups in total. The molecule has 0 saturated carbocycles. The van der Waals surface area contributed by atoms with Crippen molar-refractivity contribution >= 4 is 38.9 Å². The summed E-state index contributed by atoms with van der Waals surface area (Å²) in [5.41, 5.74) is 1.34. The molecule has 0 fully saturated rings. The Balaban J connectivity index is 1.61. The molecular weight excluding hydrogens is 374 g/mol. The maximum absolute atomic E-state index is 12.3. The fraction of sp³-hybridized carbons (Fsp3) is 0.0588. The van der Waals surface area contributed by atoms with E-state index in [4.69, 9.17) is 16.3 Å². The van der Waals surface area contributed by atoms with Crippen LogP contribution in [0.15, 0.2) is 48.5 Å². The molecule has 0 bridgehead atoms. The third-order valence-electron chi connectivity index (χ3n) is 3.67. The van der Waals surface area contributed by atoms with E-state index in [0.717, 1.165) is 11.3 Å². The van der Waals surface area contributed by atoms with Crippen molar-refractivity contribution in [1.29, 1.82) is 0 Å². The molecule has 2 aromatic heterocycles. The fourth-order valence-electron chi connectivity index (χ4n) is 2.36. The van der Waals surface area contributed by atoms with Gasteiger partial charge in [-0.2, -0.15) is 4.52 Å². The van der Waals surface area contributed by atoms with E-state index < -0.39 is 0 Å². The van der Waals surface area contributed by atoms with Crippen molar-refractivity contribution in [3.05, 3.63) is 59.1 Å². The van der Waals surface area contributed by atoms with Crippen molar-refractivity contribution in [2.45, 2.75) is 0 Å². The van der Waals surface area contributed by atoms with Crippen LogP contribution in [0.4, 0.5) is 5.13 Å². The number of ether oxygens (including phenoxy) is 1. The lowest BCUT2D eigenvalue weighted by Gasteiger charge is -2.02. The minimum absolute atomic E-state index is 0.266. The minimum Gasteiger partial charge on any atom is -0.497 e. The van der Waals surface area contributed by atoms with Crippen molar-refractivity contribution in [3.8, 4) is 17.1 Å². The first-order valence-electron chi connectivity index (χ1n) is 7.57. The van der Waals surface area contributed by atoms with Gasteiger partial charge in [-0.25, -0.2) is 0 Å². The summed E-state index contributed by atoms with van der Waals surface area (Å²) in [5, 5.41) is 16.5. The molecule has 9 heteroatoms. The molecule has 26 heavy (non-hydrogen) atoms. The lowest BCUT2D eigenvalue weighted by atomic mass is 10.2. The van der Waals surface area contributed by atoms with Gasteiger partial charge in [-0.1, -0.05) is 22.9 Å². The number of anilines is 1. The highest BCUT2D eigenvalue weighted by Crippen LogP contribution is 2.25. The second kappa shape index (κ2) is 6.74. The van der Waals surface area contributed by atoms with Crippen LogP contribution in [0.3, 0.4) is 0 Å². The summed E-state index contributed by atoms with van der Waals surface area (Å²) in [6.45, 7) is 0. The molecule has 4 rings (SSSR count). The number of hydrogen-bond acceptors (Lipinski definition) is 6. The van der Waals surface area contributed by atoms with E-state index >= 15 is 0 Å². The second-order valence-corrected chi connectivity index (χ2v) is 6.71. The Morgan fingerprint density at radius 3 is 2.54 bits per heavy atom. The predicted octanol–water partition coefficient (Wildman–Crippen LogP) is 3.77. The Kier molecular flexibility index (Phi) is 4.27. The lowest BCUT2D eigenvalue weighted by Crippen LogP contribution is -2.11. The van der Waals surface area contributed by atoms with Crippen molar-refractivity contribution in [2.75, 3.05) is 12.4 Å². The number of hydrogen-bond donors (Lipinski definition) is 1. The molecule has 1 amide bonds. The summed E-state index contributed by atoms with van der Waals surface area (Å²) in [6.07, 6.45) is 0. The number of nitrogens with zero attached hydrogens (tertiary/aromatic N) is 4. The summed E-state index contributed by atoms with van der Waals surface area (Å²) in [7, 11) is 1.61. The van der Waals surface area contributed by atoms with E-state index in [0.29, 0.717) is 26.5 Å². The quantitative estimate of drug-likeness (QED) is 0.578. The third-order valence-corrected chi connectivity index (χ3v) is 4.73. The van der Waals surface area contributed by atoms with Gasteiger partial charge in [-0.05, 0) is 48.5 Å². The zero-order valence-electron chi connectivity index (χ0n) is 13.5. The Labute approximate surface area is 157 Å². The molecule has 0 radical (unpaired) electrons. The summed E-state index contributed by atoms with van der Waals surface area (Å²) >= 11 is 7.08. The van der Waals surface area contributed by atoms with Crippen LogP contribution in [0.25, 0.3) is 16.3 Å². The van der Waals surface area contributed by atoms with Crippen molar-refractivity contribution in [1.82, 2.24) is 19.8 Å². The van der Waals surface area contributed by atoms with Crippen LogP contribution in [-0.4, -0.2) is 32.8 Å². The molecule has 0 aliphatic carbocycles. The van der Waals surface area contributed by atoms with Crippen LogP contribution in [0.5, 0.6) is 5.75 Å². The van der Waals surface area contributed by atoms with E-state index in [1.54, 1.807) is 35.9 Å². The number of halogens is 1. The van der Waals surface area contributed by atoms with Gasteiger partial charge in [0.1, 0.15) is 5.75 Å². The smallest absolute Gasteiger partial charge is 0.257 e. The van der Waals surface area contributed by atoms with E-state index in [1.807, 2.05) is 24.3 Å². The summed E-state index contributed by atoms with van der Waals surface area (Å²) in [5.74, 6) is 1.08. The van der Waals surface area contributed by atoms with Crippen LogP contribution < -0.4 is 10.1 Å². The standard InChI is InChI=1S/C17H12ClN5O2S/c1-25-13-8-4-10(5-9-13)14-20-21-17-23(14)22-16(26-17)19-15(24)11-2-6-12(18)7-3-11/h2-9H,1H3,(H,19,22,24). The minimum atomic E-state index is -0.266. The van der Waals surface area contributed by atoms with Gasteiger partial charge in [0, 0.05) is 16.1 Å². The zero-order chi connectivity index (χ0) is 18.1. The van der Waals surface area contributed by atoms with Crippen LogP contribution in [0.2, 0.25) is 5.02 Å². The van der Waals surface area contributed by atoms with Crippen LogP contribution in [0.1, 0.15) is 10.4 Å². The normalized spacial score (nSPS) is 10.8. The predicted molar refractivity (Wildman–Crippen MR) is 100 cm³/mol. The number of carbonyl (C=O) groups excluding carboxylic acids is 1. The van der Waals surface area contributed by atoms with E-state index in [2.05, 4.69) is 20.6 Å². The largest absolute Gasteiger partial charge is 0.497 e. The van der Waals surface area contributed by atoms with Gasteiger partial charge in [-0.3, -0.25) is 10.1 Å². The van der Waals surface area contributed by atoms with Crippen LogP contribution in [0, 0.1) is 0 Å². The molecule has 2 aromatic carbocycles. The number of nitrogens with one attached hydrogen (secondary N) is 1. The maximum Gasteiger partial charge on any atom is 0.257 e. The second-order valence-electron chi connectivity index (χ2n) is 5.31. The van der Waals surface area contributed by atoms with E-state index in [9.17, 15) is 4.79 Å². The monoisotopic (exact) mass is 385 g/mol. The van der Waals surface area contributed by atoms with Gasteiger partial charge >= 0.3 is 0 Å². The van der Waals surface area contributed by atoms with Crippen molar-refractivity contribution < 1.29 is 9.53 Å². The average Bonchev–Trinajstić information content (AvgIpc) is 3.22. The Morgan fingerprint density at radius 2 is 1.85 bits per heavy atom. The first-order chi connectivity index (χ1) is 12.6. The number of benzene rings is 2. The molecule has 130 valence electrons. The summed E-state index contributed by atoms with van der Waals surface area (Å²) in [6, 6.07) is 14.1. The Hall–Kier alpha value is -2.97. The fourth-order valence-corrected chi connectivity index (χ4v) is 3.22. The maximum atomic E-state index is 12.3. The van der Waals surface area contributed by atoms with Crippen molar-refractivity contribution in [3.63, 3.8) is 0 Å². The van der Waals surface area contributed by atoms with Crippen molar-refractivity contribution in [2.24, 2.45) is 0 Å². The Bertz CT molecular complexity index is 1070. The topological polar surface area (TPSA) is 81.4 Å². The number of fused-ring (bicyclic) bond motifs is 1. The molecule has 0 spiro atoms. The number of aromatic nitrogens is 4. The van der Waals surface area contributed by atoms with Gasteiger partial charge in [0.05, 0.1) is 7.11 Å². The molecule has 7 nitrogen and oxygen atoms in total. The number of amides is 1. The SMILES string of the molecule is COc1ccc(-c2nnc3sc(NC(=O)c4ccc(Cl)cc4)nn23)cc1. The summed E-state index contributed by atoms with van der Waals surface area (Å²) in [4.78, 5) is 12.9. The zero-order valence-corrected chi connectivity index (χ0v) is 15.1. The first-order valence-corrected chi connectivity index (χ1v) is 8.77. The molecule has 0 aliphatic rings. The molecule has 0 saturated heterocycles. The van der Waals surface area contributed by atoms with Gasteiger partial charge < -0.3 is 4.74 Å². The highest BCUT2D eigenvalue weighted by Gasteiger charge is 2.15. The number of methoxy groups -OCH3 is 1. The van der Waals surface area contributed by atoms with E-state index in [-0.39, 0.29) is 5.91 Å². The summed E-state index contributed by atoms with van der Waals surface area (Å²) < 4.78 is 6.76. The molecule has 0 unspecified atom stereocenters. The van der Waals surface area contributed by atoms with Gasteiger partial charge in [0.25, 0.3) is 5.91 Å². The highest BCUT2D eigenvalue weighted by atomic mass is 35.5. The molecule has 2 heterocycles. The van der Waals surface area contributed by atoms with Gasteiger partial charge in [0.2, 0.25) is 10.1 Å². The van der Waals surface area contributed by atoms with Gasteiger partial charge in [0.15, 0.2) is 5.82 Å². The van der Waals surface area contributed by atoms with Crippen LogP contribution in [-0.2, 0) is 0 Å². The molecule has 0 aliphatic heterocycles. The molecular formula is C17H12ClN5O2S. The lowest BCUT2D eigenvalue weighted by molar-refractivity contribution is 0.102. The number of rotatable bonds is 4. The third kappa shape index (κ3) is 3.12.